The van der Waals surface area contributed by atoms with E-state index >= 15 is 0 Å². The van der Waals surface area contributed by atoms with Gasteiger partial charge in [0.1, 0.15) is 0 Å². The standard InChI is InChI=1S/C27H24ClFN2O2/c28-23-7-3-2-6-22(23)27(33)15-17-30(18-16-27)26(32)20-9-12-21(13-10-20)31-24-8-4-1-5-19(24)11-14-25(31)29/h1-10,12-14,33H,11,15-18H2. The molecule has 0 aliphatic carbocycles. The third kappa shape index (κ3) is 4.03. The van der Waals surface area contributed by atoms with E-state index in [2.05, 4.69) is 0 Å². The van der Waals surface area contributed by atoms with Crippen LogP contribution < -0.4 is 4.90 Å². The van der Waals surface area contributed by atoms with Crippen molar-refractivity contribution in [3.05, 3.63) is 107 Å². The first-order chi connectivity index (χ1) is 16.0. The molecule has 1 N–H and O–H groups in total. The summed E-state index contributed by atoms with van der Waals surface area (Å²) in [6.45, 7) is 0.859. The molecule has 168 valence electrons. The largest absolute Gasteiger partial charge is 0.385 e. The number of nitrogens with zero attached hydrogens (tertiary/aromatic N) is 2. The highest BCUT2D eigenvalue weighted by atomic mass is 35.5. The summed E-state index contributed by atoms with van der Waals surface area (Å²) in [5, 5.41) is 11.6. The molecule has 4 nitrogen and oxygen atoms in total. The highest BCUT2D eigenvalue weighted by Crippen LogP contribution is 2.38. The van der Waals surface area contributed by atoms with Crippen LogP contribution in [0.15, 0.2) is 84.8 Å². The average Bonchev–Trinajstić information content (AvgIpc) is 2.84. The second kappa shape index (κ2) is 8.65. The van der Waals surface area contributed by atoms with Crippen molar-refractivity contribution in [3.8, 4) is 0 Å². The number of hydrogen-bond donors (Lipinski definition) is 1. The van der Waals surface area contributed by atoms with Crippen LogP contribution in [0.2, 0.25) is 5.02 Å². The van der Waals surface area contributed by atoms with Crippen LogP contribution in [0.4, 0.5) is 15.8 Å². The van der Waals surface area contributed by atoms with Gasteiger partial charge in [-0.1, -0.05) is 48.0 Å². The van der Waals surface area contributed by atoms with Crippen molar-refractivity contribution in [2.24, 2.45) is 0 Å². The van der Waals surface area contributed by atoms with Crippen molar-refractivity contribution in [3.63, 3.8) is 0 Å². The zero-order valence-electron chi connectivity index (χ0n) is 18.0. The molecule has 2 heterocycles. The van der Waals surface area contributed by atoms with E-state index in [4.69, 9.17) is 11.6 Å². The maximum Gasteiger partial charge on any atom is 0.253 e. The molecule has 1 fully saturated rings. The number of piperidine rings is 1. The van der Waals surface area contributed by atoms with Gasteiger partial charge in [0.2, 0.25) is 0 Å². The van der Waals surface area contributed by atoms with Crippen LogP contribution in [0.3, 0.4) is 0 Å². The van der Waals surface area contributed by atoms with Gasteiger partial charge in [-0.05, 0) is 67.3 Å². The molecular weight excluding hydrogens is 439 g/mol. The first-order valence-electron chi connectivity index (χ1n) is 11.1. The van der Waals surface area contributed by atoms with Crippen molar-refractivity contribution >= 4 is 28.9 Å². The summed E-state index contributed by atoms with van der Waals surface area (Å²) in [6, 6.07) is 22.0. The maximum atomic E-state index is 14.7. The van der Waals surface area contributed by atoms with Gasteiger partial charge in [0.15, 0.2) is 5.95 Å². The van der Waals surface area contributed by atoms with Crippen molar-refractivity contribution < 1.29 is 14.3 Å². The summed E-state index contributed by atoms with van der Waals surface area (Å²) in [4.78, 5) is 16.4. The molecule has 1 amide bonds. The van der Waals surface area contributed by atoms with Crippen molar-refractivity contribution in [2.45, 2.75) is 24.9 Å². The highest BCUT2D eigenvalue weighted by Gasteiger charge is 2.37. The predicted octanol–water partition coefficient (Wildman–Crippen LogP) is 5.97. The molecule has 3 aromatic rings. The Morgan fingerprint density at radius 3 is 2.33 bits per heavy atom. The molecule has 2 aliphatic rings. The lowest BCUT2D eigenvalue weighted by molar-refractivity contribution is -0.0210. The molecule has 1 saturated heterocycles. The van der Waals surface area contributed by atoms with Crippen LogP contribution in [0.1, 0.15) is 34.3 Å². The van der Waals surface area contributed by atoms with E-state index in [1.165, 1.54) is 0 Å². The fraction of sp³-hybridized carbons (Fsp3) is 0.222. The second-order valence-corrected chi connectivity index (χ2v) is 8.95. The van der Waals surface area contributed by atoms with Crippen molar-refractivity contribution in [1.82, 2.24) is 4.90 Å². The van der Waals surface area contributed by atoms with Gasteiger partial charge in [0, 0.05) is 34.9 Å². The molecule has 2 aliphatic heterocycles. The lowest BCUT2D eigenvalue weighted by Gasteiger charge is -2.39. The van der Waals surface area contributed by atoms with Gasteiger partial charge in [-0.2, -0.15) is 4.39 Å². The van der Waals surface area contributed by atoms with Crippen LogP contribution in [0.25, 0.3) is 0 Å². The Hall–Kier alpha value is -3.15. The van der Waals surface area contributed by atoms with E-state index < -0.39 is 5.60 Å². The topological polar surface area (TPSA) is 43.8 Å². The Kier molecular flexibility index (Phi) is 5.69. The number of para-hydroxylation sites is 1. The maximum absolute atomic E-state index is 14.7. The van der Waals surface area contributed by atoms with E-state index in [-0.39, 0.29) is 11.9 Å². The second-order valence-electron chi connectivity index (χ2n) is 8.55. The van der Waals surface area contributed by atoms with Crippen molar-refractivity contribution in [2.75, 3.05) is 18.0 Å². The normalized spacial score (nSPS) is 17.4. The van der Waals surface area contributed by atoms with Gasteiger partial charge >= 0.3 is 0 Å². The number of rotatable bonds is 3. The summed E-state index contributed by atoms with van der Waals surface area (Å²) in [6.07, 6.45) is 2.96. The van der Waals surface area contributed by atoms with Gasteiger partial charge in [-0.15, -0.1) is 0 Å². The first-order valence-corrected chi connectivity index (χ1v) is 11.4. The third-order valence-corrected chi connectivity index (χ3v) is 6.89. The molecule has 0 unspecified atom stereocenters. The minimum atomic E-state index is -1.04. The van der Waals surface area contributed by atoms with E-state index in [1.807, 2.05) is 42.5 Å². The Labute approximate surface area is 197 Å². The molecular formula is C27H24ClFN2O2. The zero-order chi connectivity index (χ0) is 23.0. The Morgan fingerprint density at radius 2 is 1.61 bits per heavy atom. The molecule has 0 saturated carbocycles. The predicted molar refractivity (Wildman–Crippen MR) is 128 cm³/mol. The van der Waals surface area contributed by atoms with Gasteiger partial charge < -0.3 is 10.0 Å². The monoisotopic (exact) mass is 462 g/mol. The summed E-state index contributed by atoms with van der Waals surface area (Å²) >= 11 is 6.29. The SMILES string of the molecule is O=C(c1ccc(N2C(F)=CCc3ccccc32)cc1)N1CCC(O)(c2ccccc2Cl)CC1. The Balaban J connectivity index is 1.31. The van der Waals surface area contributed by atoms with E-state index in [0.717, 1.165) is 11.3 Å². The smallest absolute Gasteiger partial charge is 0.253 e. The zero-order valence-corrected chi connectivity index (χ0v) is 18.8. The molecule has 0 atom stereocenters. The minimum absolute atomic E-state index is 0.0992. The lowest BCUT2D eigenvalue weighted by Crippen LogP contribution is -2.45. The van der Waals surface area contributed by atoms with Crippen LogP contribution in [0.5, 0.6) is 0 Å². The number of likely N-dealkylation sites (tertiary alicyclic amines) is 1. The number of hydrogen-bond acceptors (Lipinski definition) is 3. The number of benzene rings is 3. The molecule has 5 rings (SSSR count). The third-order valence-electron chi connectivity index (χ3n) is 6.56. The number of anilines is 2. The van der Waals surface area contributed by atoms with Crippen LogP contribution in [-0.4, -0.2) is 29.0 Å². The molecule has 0 radical (unpaired) electrons. The summed E-state index contributed by atoms with van der Waals surface area (Å²) in [5.74, 6) is -0.416. The Morgan fingerprint density at radius 1 is 0.939 bits per heavy atom. The van der Waals surface area contributed by atoms with Gasteiger partial charge in [-0.25, -0.2) is 0 Å². The molecule has 3 aromatic carbocycles. The number of amides is 1. The highest BCUT2D eigenvalue weighted by molar-refractivity contribution is 6.31. The number of halogens is 2. The average molecular weight is 463 g/mol. The van der Waals surface area contributed by atoms with E-state index in [0.29, 0.717) is 54.2 Å². The number of carbonyl (C=O) groups excluding carboxylic acids is 1. The number of aliphatic hydroxyl groups is 1. The van der Waals surface area contributed by atoms with Crippen LogP contribution >= 0.6 is 11.6 Å². The molecule has 6 heteroatoms. The van der Waals surface area contributed by atoms with E-state index in [9.17, 15) is 14.3 Å². The molecule has 0 bridgehead atoms. The lowest BCUT2D eigenvalue weighted by atomic mass is 9.84. The minimum Gasteiger partial charge on any atom is -0.385 e. The van der Waals surface area contributed by atoms with Gasteiger partial charge in [0.25, 0.3) is 5.91 Å². The molecule has 33 heavy (non-hydrogen) atoms. The fourth-order valence-corrected chi connectivity index (χ4v) is 5.00. The van der Waals surface area contributed by atoms with Crippen LogP contribution in [0, 0.1) is 0 Å². The summed E-state index contributed by atoms with van der Waals surface area (Å²) in [5.41, 5.74) is 2.74. The number of fused-ring (bicyclic) bond motifs is 1. The quantitative estimate of drug-likeness (QED) is 0.488. The Bertz CT molecular complexity index is 1220. The van der Waals surface area contributed by atoms with Gasteiger partial charge in [0.05, 0.1) is 11.3 Å². The fourth-order valence-electron chi connectivity index (χ4n) is 4.69. The van der Waals surface area contributed by atoms with Crippen molar-refractivity contribution in [1.29, 1.82) is 0 Å². The summed E-state index contributed by atoms with van der Waals surface area (Å²) < 4.78 is 14.7. The summed E-state index contributed by atoms with van der Waals surface area (Å²) in [7, 11) is 0. The van der Waals surface area contributed by atoms with E-state index in [1.54, 1.807) is 46.2 Å². The first kappa shape index (κ1) is 21.7. The number of carbonyl (C=O) groups is 1. The molecule has 0 aromatic heterocycles. The number of allylic oxidation sites excluding steroid dienone is 1. The van der Waals surface area contributed by atoms with Crippen LogP contribution in [-0.2, 0) is 12.0 Å². The van der Waals surface area contributed by atoms with Gasteiger partial charge in [-0.3, -0.25) is 9.69 Å². The molecule has 0 spiro atoms.